The molecule has 0 aliphatic carbocycles. The van der Waals surface area contributed by atoms with Crippen LogP contribution in [0.1, 0.15) is 11.7 Å². The Morgan fingerprint density at radius 3 is 2.62 bits per heavy atom. The third-order valence-corrected chi connectivity index (χ3v) is 6.17. The second-order valence-electron chi connectivity index (χ2n) is 8.44. The Morgan fingerprint density at radius 1 is 1.08 bits per heavy atom. The molecule has 0 bridgehead atoms. The van der Waals surface area contributed by atoms with Gasteiger partial charge in [-0.3, -0.25) is 19.3 Å². The molecule has 0 saturated carbocycles. The number of benzene rings is 1. The van der Waals surface area contributed by atoms with E-state index in [-0.39, 0.29) is 22.9 Å². The number of morpholine rings is 1. The van der Waals surface area contributed by atoms with Crippen LogP contribution < -0.4 is 21.1 Å². The summed E-state index contributed by atoms with van der Waals surface area (Å²) in [5, 5.41) is 6.70. The van der Waals surface area contributed by atoms with Gasteiger partial charge in [-0.2, -0.15) is 0 Å². The number of halogens is 1. The molecule has 0 amide bonds. The predicted molar refractivity (Wildman–Crippen MR) is 144 cm³/mol. The fourth-order valence-corrected chi connectivity index (χ4v) is 4.31. The maximum atomic E-state index is 14.3. The summed E-state index contributed by atoms with van der Waals surface area (Å²) in [5.74, 6) is -0.0741. The van der Waals surface area contributed by atoms with Crippen molar-refractivity contribution in [3.8, 4) is 11.3 Å². The molecule has 0 spiro atoms. The highest BCUT2D eigenvalue weighted by molar-refractivity contribution is 7.80. The summed E-state index contributed by atoms with van der Waals surface area (Å²) in [4.78, 5) is 27.1. The summed E-state index contributed by atoms with van der Waals surface area (Å²) in [6, 6.07) is 14.3. The van der Waals surface area contributed by atoms with Crippen LogP contribution in [0.25, 0.3) is 11.3 Å². The van der Waals surface area contributed by atoms with E-state index in [1.807, 2.05) is 41.3 Å². The molecule has 1 aliphatic heterocycles. The number of hydrogen-bond donors (Lipinski definition) is 2. The first-order valence-electron chi connectivity index (χ1n) is 11.6. The zero-order valence-corrected chi connectivity index (χ0v) is 20.8. The van der Waals surface area contributed by atoms with E-state index >= 15 is 0 Å². The lowest BCUT2D eigenvalue weighted by Gasteiger charge is -2.34. The second kappa shape index (κ2) is 10.8. The van der Waals surface area contributed by atoms with Gasteiger partial charge >= 0.3 is 0 Å². The molecule has 11 heteroatoms. The number of rotatable bonds is 5. The highest BCUT2D eigenvalue weighted by atomic mass is 32.1. The Labute approximate surface area is 218 Å². The highest BCUT2D eigenvalue weighted by Crippen LogP contribution is 2.27. The Balaban J connectivity index is 1.30. The molecule has 4 heterocycles. The molecule has 9 nitrogen and oxygen atoms in total. The van der Waals surface area contributed by atoms with Crippen molar-refractivity contribution >= 4 is 34.7 Å². The quantitative estimate of drug-likeness (QED) is 0.384. The molecule has 188 valence electrons. The van der Waals surface area contributed by atoms with Crippen LogP contribution in [0.5, 0.6) is 0 Å². The second-order valence-corrected chi connectivity index (χ2v) is 8.85. The van der Waals surface area contributed by atoms with Crippen LogP contribution in [-0.4, -0.2) is 44.3 Å². The minimum atomic E-state index is -0.530. The molecule has 1 aliphatic rings. The van der Waals surface area contributed by atoms with Crippen molar-refractivity contribution in [3.05, 3.63) is 95.1 Å². The molecular weight excluding hydrogens is 493 g/mol. The Hall–Kier alpha value is -4.22. The van der Waals surface area contributed by atoms with Gasteiger partial charge in [-0.05, 0) is 48.1 Å². The van der Waals surface area contributed by atoms with Crippen molar-refractivity contribution in [2.24, 2.45) is 7.05 Å². The number of hydrogen-bond acceptors (Lipinski definition) is 7. The third-order valence-electron chi connectivity index (χ3n) is 5.97. The average molecular weight is 518 g/mol. The standard InChI is InChI=1S/C26H24FN7O2S/c1-33-24(35)13-22(20-8-10-29-15-21(20)27)32-26(33)34-11-12-36-23(16-34)17-4-6-18(7-5-17)30-25(37)31-19-3-2-9-28-14-19/h2-10,13-15,23H,11-12,16H2,1H3,(H2,30,31,37)/t23-/m1/s1. The molecule has 0 unspecified atom stereocenters. The van der Waals surface area contributed by atoms with Gasteiger partial charge in [0.25, 0.3) is 5.56 Å². The number of nitrogens with zero attached hydrogens (tertiary/aromatic N) is 5. The van der Waals surface area contributed by atoms with Gasteiger partial charge in [-0.25, -0.2) is 9.37 Å². The van der Waals surface area contributed by atoms with Crippen molar-refractivity contribution in [2.45, 2.75) is 6.10 Å². The monoisotopic (exact) mass is 517 g/mol. The van der Waals surface area contributed by atoms with Crippen LogP contribution in [0.15, 0.2) is 78.1 Å². The SMILES string of the molecule is Cn1c(N2CCO[C@@H](c3ccc(NC(=S)Nc4cccnc4)cc3)C2)nc(-c2ccncc2F)cc1=O. The van der Waals surface area contributed by atoms with Crippen molar-refractivity contribution in [2.75, 3.05) is 35.2 Å². The summed E-state index contributed by atoms with van der Waals surface area (Å²) in [7, 11) is 1.66. The Morgan fingerprint density at radius 2 is 1.86 bits per heavy atom. The summed E-state index contributed by atoms with van der Waals surface area (Å²) >= 11 is 5.38. The average Bonchev–Trinajstić information content (AvgIpc) is 2.91. The molecule has 1 saturated heterocycles. The predicted octanol–water partition coefficient (Wildman–Crippen LogP) is 3.76. The molecule has 1 fully saturated rings. The van der Waals surface area contributed by atoms with Crippen molar-refractivity contribution in [3.63, 3.8) is 0 Å². The summed E-state index contributed by atoms with van der Waals surface area (Å²) in [6.07, 6.45) is 5.74. The smallest absolute Gasteiger partial charge is 0.255 e. The van der Waals surface area contributed by atoms with E-state index in [0.29, 0.717) is 30.8 Å². The fourth-order valence-electron chi connectivity index (χ4n) is 4.07. The normalized spacial score (nSPS) is 15.3. The number of anilines is 3. The molecule has 37 heavy (non-hydrogen) atoms. The van der Waals surface area contributed by atoms with Gasteiger partial charge in [0.2, 0.25) is 5.95 Å². The van der Waals surface area contributed by atoms with Crippen LogP contribution in [-0.2, 0) is 11.8 Å². The maximum Gasteiger partial charge on any atom is 0.255 e. The molecule has 1 atom stereocenters. The molecule has 5 rings (SSSR count). The highest BCUT2D eigenvalue weighted by Gasteiger charge is 2.25. The van der Waals surface area contributed by atoms with E-state index in [4.69, 9.17) is 17.0 Å². The first-order chi connectivity index (χ1) is 18.0. The summed E-state index contributed by atoms with van der Waals surface area (Å²) in [6.45, 7) is 1.48. The fraction of sp³-hybridized carbons (Fsp3) is 0.192. The van der Waals surface area contributed by atoms with Gasteiger partial charge in [0.15, 0.2) is 10.9 Å². The van der Waals surface area contributed by atoms with Crippen LogP contribution in [0.4, 0.5) is 21.7 Å². The minimum absolute atomic E-state index is 0.234. The van der Waals surface area contributed by atoms with Crippen molar-refractivity contribution in [1.82, 2.24) is 19.5 Å². The van der Waals surface area contributed by atoms with Crippen LogP contribution >= 0.6 is 12.2 Å². The molecule has 3 aromatic heterocycles. The largest absolute Gasteiger partial charge is 0.370 e. The third kappa shape index (κ3) is 5.63. The zero-order chi connectivity index (χ0) is 25.8. The molecule has 4 aromatic rings. The number of nitrogens with one attached hydrogen (secondary N) is 2. The molecule has 0 radical (unpaired) electrons. The van der Waals surface area contributed by atoms with Crippen molar-refractivity contribution < 1.29 is 9.13 Å². The number of aromatic nitrogens is 4. The van der Waals surface area contributed by atoms with E-state index in [0.717, 1.165) is 23.1 Å². The van der Waals surface area contributed by atoms with Crippen LogP contribution in [0.3, 0.4) is 0 Å². The summed E-state index contributed by atoms with van der Waals surface area (Å²) < 4.78 is 21.8. The lowest BCUT2D eigenvalue weighted by atomic mass is 10.1. The van der Waals surface area contributed by atoms with E-state index < -0.39 is 5.82 Å². The Bertz CT molecular complexity index is 1460. The van der Waals surface area contributed by atoms with Gasteiger partial charge in [0, 0.05) is 43.3 Å². The Kier molecular flexibility index (Phi) is 7.15. The van der Waals surface area contributed by atoms with E-state index in [1.54, 1.807) is 19.4 Å². The topological polar surface area (TPSA) is 97.2 Å². The number of ether oxygens (including phenoxy) is 1. The van der Waals surface area contributed by atoms with Gasteiger partial charge in [-0.1, -0.05) is 12.1 Å². The molecular formula is C26H24FN7O2S. The summed E-state index contributed by atoms with van der Waals surface area (Å²) in [5.41, 5.74) is 2.83. The lowest BCUT2D eigenvalue weighted by Crippen LogP contribution is -2.41. The first kappa shape index (κ1) is 24.5. The number of thiocarbonyl (C=S) groups is 1. The van der Waals surface area contributed by atoms with Gasteiger partial charge in [0.1, 0.15) is 6.10 Å². The van der Waals surface area contributed by atoms with Crippen LogP contribution in [0.2, 0.25) is 0 Å². The minimum Gasteiger partial charge on any atom is -0.370 e. The molecule has 1 aromatic carbocycles. The van der Waals surface area contributed by atoms with Gasteiger partial charge < -0.3 is 20.3 Å². The van der Waals surface area contributed by atoms with E-state index in [1.165, 1.54) is 22.9 Å². The van der Waals surface area contributed by atoms with E-state index in [2.05, 4.69) is 25.6 Å². The zero-order valence-electron chi connectivity index (χ0n) is 20.0. The van der Waals surface area contributed by atoms with Crippen LogP contribution in [0, 0.1) is 5.82 Å². The van der Waals surface area contributed by atoms with Gasteiger partial charge in [-0.15, -0.1) is 0 Å². The maximum absolute atomic E-state index is 14.3. The van der Waals surface area contributed by atoms with E-state index in [9.17, 15) is 9.18 Å². The number of pyridine rings is 2. The van der Waals surface area contributed by atoms with Crippen molar-refractivity contribution in [1.29, 1.82) is 0 Å². The lowest BCUT2D eigenvalue weighted by molar-refractivity contribution is 0.0390. The molecule has 2 N–H and O–H groups in total. The first-order valence-corrected chi connectivity index (χ1v) is 12.0. The van der Waals surface area contributed by atoms with Gasteiger partial charge in [0.05, 0.1) is 36.9 Å².